The molecule has 0 saturated carbocycles. The van der Waals surface area contributed by atoms with E-state index in [9.17, 15) is 9.59 Å². The highest BCUT2D eigenvalue weighted by Gasteiger charge is 2.12. The number of hydrazine groups is 1. The van der Waals surface area contributed by atoms with Crippen LogP contribution in [0.1, 0.15) is 21.5 Å². The van der Waals surface area contributed by atoms with Crippen LogP contribution in [0.25, 0.3) is 0 Å². The van der Waals surface area contributed by atoms with E-state index in [1.165, 1.54) is 7.11 Å². The summed E-state index contributed by atoms with van der Waals surface area (Å²) in [6.45, 7) is 0.378. The van der Waals surface area contributed by atoms with Crippen molar-refractivity contribution >= 4 is 23.4 Å². The summed E-state index contributed by atoms with van der Waals surface area (Å²) < 4.78 is 11.1. The van der Waals surface area contributed by atoms with E-state index in [1.54, 1.807) is 42.5 Å². The maximum Gasteiger partial charge on any atom is 0.269 e. The van der Waals surface area contributed by atoms with Gasteiger partial charge in [0, 0.05) is 10.6 Å². The van der Waals surface area contributed by atoms with Crippen LogP contribution in [-0.4, -0.2) is 18.9 Å². The highest BCUT2D eigenvalue weighted by molar-refractivity contribution is 6.30. The fraction of sp³-hybridized carbons (Fsp3) is 0.130. The van der Waals surface area contributed by atoms with Crippen LogP contribution >= 0.6 is 11.6 Å². The van der Waals surface area contributed by atoms with Crippen molar-refractivity contribution in [3.63, 3.8) is 0 Å². The van der Waals surface area contributed by atoms with Crippen LogP contribution in [0.2, 0.25) is 5.02 Å². The van der Waals surface area contributed by atoms with Crippen LogP contribution in [-0.2, 0) is 17.8 Å². The number of amides is 2. The van der Waals surface area contributed by atoms with Crippen LogP contribution in [0.15, 0.2) is 72.8 Å². The van der Waals surface area contributed by atoms with Gasteiger partial charge in [0.2, 0.25) is 5.91 Å². The third kappa shape index (κ3) is 5.99. The summed E-state index contributed by atoms with van der Waals surface area (Å²) in [6.07, 6.45) is 0.118. The van der Waals surface area contributed by atoms with Gasteiger partial charge in [-0.25, -0.2) is 0 Å². The van der Waals surface area contributed by atoms with Crippen molar-refractivity contribution in [1.29, 1.82) is 0 Å². The summed E-state index contributed by atoms with van der Waals surface area (Å²) in [5.74, 6) is 0.128. The molecule has 2 amide bonds. The van der Waals surface area contributed by atoms with Gasteiger partial charge in [0.25, 0.3) is 5.91 Å². The molecule has 0 bridgehead atoms. The monoisotopic (exact) mass is 424 g/mol. The molecule has 0 saturated heterocycles. The lowest BCUT2D eigenvalue weighted by atomic mass is 10.1. The van der Waals surface area contributed by atoms with E-state index in [-0.39, 0.29) is 12.3 Å². The predicted octanol–water partition coefficient (Wildman–Crippen LogP) is 3.93. The van der Waals surface area contributed by atoms with Crippen LogP contribution in [0, 0.1) is 0 Å². The van der Waals surface area contributed by atoms with Gasteiger partial charge < -0.3 is 9.47 Å². The molecular weight excluding hydrogens is 404 g/mol. The normalized spacial score (nSPS) is 10.2. The number of hydrogen-bond acceptors (Lipinski definition) is 4. The van der Waals surface area contributed by atoms with Gasteiger partial charge in [-0.1, -0.05) is 54.1 Å². The average Bonchev–Trinajstić information content (AvgIpc) is 2.78. The molecule has 0 heterocycles. The minimum Gasteiger partial charge on any atom is -0.493 e. The number of nitrogens with one attached hydrogen (secondary N) is 2. The largest absolute Gasteiger partial charge is 0.493 e. The number of halogens is 1. The molecule has 0 aliphatic heterocycles. The lowest BCUT2D eigenvalue weighted by Crippen LogP contribution is -2.42. The minimum absolute atomic E-state index is 0.118. The second-order valence-electron chi connectivity index (χ2n) is 6.45. The van der Waals surface area contributed by atoms with Gasteiger partial charge in [-0.15, -0.1) is 0 Å². The first kappa shape index (κ1) is 21.2. The molecule has 0 radical (unpaired) electrons. The van der Waals surface area contributed by atoms with Crippen molar-refractivity contribution in [1.82, 2.24) is 10.9 Å². The van der Waals surface area contributed by atoms with Gasteiger partial charge in [0.05, 0.1) is 13.5 Å². The number of carbonyl (C=O) groups is 2. The van der Waals surface area contributed by atoms with Gasteiger partial charge in [-0.2, -0.15) is 0 Å². The van der Waals surface area contributed by atoms with Crippen LogP contribution in [0.3, 0.4) is 0 Å². The fourth-order valence-electron chi connectivity index (χ4n) is 2.69. The maximum absolute atomic E-state index is 12.4. The molecule has 0 fully saturated rings. The van der Waals surface area contributed by atoms with Crippen molar-refractivity contribution in [2.24, 2.45) is 0 Å². The molecule has 3 rings (SSSR count). The molecule has 0 atom stereocenters. The number of hydrogen-bond donors (Lipinski definition) is 2. The number of benzene rings is 3. The molecule has 0 unspecified atom stereocenters. The van der Waals surface area contributed by atoms with Crippen molar-refractivity contribution in [3.05, 3.63) is 94.5 Å². The zero-order chi connectivity index (χ0) is 21.3. The second kappa shape index (κ2) is 10.3. The second-order valence-corrected chi connectivity index (χ2v) is 6.88. The Morgan fingerprint density at radius 2 is 1.60 bits per heavy atom. The molecule has 7 heteroatoms. The molecule has 0 spiro atoms. The highest BCUT2D eigenvalue weighted by atomic mass is 35.5. The number of methoxy groups -OCH3 is 1. The first-order valence-corrected chi connectivity index (χ1v) is 9.61. The lowest BCUT2D eigenvalue weighted by Gasteiger charge is -2.13. The standard InChI is InChI=1S/C23H21ClN2O4/c1-29-21-14-18(9-12-20(21)30-15-17-5-3-2-4-6-17)23(28)26-25-22(27)13-16-7-10-19(24)11-8-16/h2-12,14H,13,15H2,1H3,(H,25,27)(H,26,28). The Morgan fingerprint density at radius 1 is 0.867 bits per heavy atom. The Labute approximate surface area is 179 Å². The predicted molar refractivity (Wildman–Crippen MR) is 115 cm³/mol. The van der Waals surface area contributed by atoms with Gasteiger partial charge in [-0.3, -0.25) is 20.4 Å². The molecule has 3 aromatic carbocycles. The van der Waals surface area contributed by atoms with Gasteiger partial charge in [0.15, 0.2) is 11.5 Å². The van der Waals surface area contributed by atoms with Crippen LogP contribution < -0.4 is 20.3 Å². The third-order valence-corrected chi connectivity index (χ3v) is 4.51. The SMILES string of the molecule is COc1cc(C(=O)NNC(=O)Cc2ccc(Cl)cc2)ccc1OCc1ccccc1. The smallest absolute Gasteiger partial charge is 0.269 e. The van der Waals surface area contributed by atoms with Crippen molar-refractivity contribution in [2.75, 3.05) is 7.11 Å². The summed E-state index contributed by atoms with van der Waals surface area (Å²) in [4.78, 5) is 24.4. The van der Waals surface area contributed by atoms with E-state index in [2.05, 4.69) is 10.9 Å². The zero-order valence-electron chi connectivity index (χ0n) is 16.4. The van der Waals surface area contributed by atoms with E-state index in [0.29, 0.717) is 28.7 Å². The summed E-state index contributed by atoms with van der Waals surface area (Å²) in [7, 11) is 1.50. The molecule has 6 nitrogen and oxygen atoms in total. The molecule has 30 heavy (non-hydrogen) atoms. The average molecular weight is 425 g/mol. The topological polar surface area (TPSA) is 76.7 Å². The first-order valence-electron chi connectivity index (χ1n) is 9.23. The zero-order valence-corrected chi connectivity index (χ0v) is 17.1. The Hall–Kier alpha value is -3.51. The summed E-state index contributed by atoms with van der Waals surface area (Å²) >= 11 is 5.83. The van der Waals surface area contributed by atoms with E-state index in [4.69, 9.17) is 21.1 Å². The van der Waals surface area contributed by atoms with Gasteiger partial charge >= 0.3 is 0 Å². The summed E-state index contributed by atoms with van der Waals surface area (Å²) in [5, 5.41) is 0.595. The van der Waals surface area contributed by atoms with Gasteiger partial charge in [-0.05, 0) is 41.5 Å². The van der Waals surface area contributed by atoms with Crippen molar-refractivity contribution in [2.45, 2.75) is 13.0 Å². The molecular formula is C23H21ClN2O4. The number of ether oxygens (including phenoxy) is 2. The van der Waals surface area contributed by atoms with Crippen LogP contribution in [0.4, 0.5) is 0 Å². The highest BCUT2D eigenvalue weighted by Crippen LogP contribution is 2.28. The van der Waals surface area contributed by atoms with Crippen LogP contribution in [0.5, 0.6) is 11.5 Å². The van der Waals surface area contributed by atoms with E-state index in [0.717, 1.165) is 11.1 Å². The summed E-state index contributed by atoms with van der Waals surface area (Å²) in [6, 6.07) is 21.5. The Morgan fingerprint density at radius 3 is 2.30 bits per heavy atom. The van der Waals surface area contributed by atoms with Gasteiger partial charge in [0.1, 0.15) is 6.61 Å². The van der Waals surface area contributed by atoms with Crippen molar-refractivity contribution < 1.29 is 19.1 Å². The molecule has 0 aromatic heterocycles. The molecule has 3 aromatic rings. The van der Waals surface area contributed by atoms with E-state index in [1.807, 2.05) is 30.3 Å². The number of carbonyl (C=O) groups excluding carboxylic acids is 2. The minimum atomic E-state index is -0.465. The van der Waals surface area contributed by atoms with Crippen molar-refractivity contribution in [3.8, 4) is 11.5 Å². The maximum atomic E-state index is 12.4. The molecule has 154 valence electrons. The first-order chi connectivity index (χ1) is 14.5. The van der Waals surface area contributed by atoms with E-state index < -0.39 is 5.91 Å². The fourth-order valence-corrected chi connectivity index (χ4v) is 2.82. The number of rotatable bonds is 7. The molecule has 0 aliphatic carbocycles. The molecule has 0 aliphatic rings. The quantitative estimate of drug-likeness (QED) is 0.563. The lowest BCUT2D eigenvalue weighted by molar-refractivity contribution is -0.121. The van der Waals surface area contributed by atoms with E-state index >= 15 is 0 Å². The Bertz CT molecular complexity index is 1010. The Kier molecular flexibility index (Phi) is 7.29. The third-order valence-electron chi connectivity index (χ3n) is 4.26. The summed E-state index contributed by atoms with van der Waals surface area (Å²) in [5.41, 5.74) is 6.93. The molecule has 2 N–H and O–H groups in total. The Balaban J connectivity index is 1.56.